The maximum atomic E-state index is 12.7. The maximum Gasteiger partial charge on any atom is 0.293 e. The lowest BCUT2D eigenvalue weighted by molar-refractivity contribution is -0.125. The summed E-state index contributed by atoms with van der Waals surface area (Å²) >= 11 is 0.871. The minimum absolute atomic E-state index is 0.0801. The zero-order valence-corrected chi connectivity index (χ0v) is 20.1. The highest BCUT2D eigenvalue weighted by Gasteiger charge is 2.34. The van der Waals surface area contributed by atoms with Crippen LogP contribution in [0.15, 0.2) is 41.3 Å². The van der Waals surface area contributed by atoms with E-state index < -0.39 is 0 Å². The van der Waals surface area contributed by atoms with E-state index in [1.807, 2.05) is 25.1 Å². The molecule has 1 fully saturated rings. The molecule has 3 amide bonds. The summed E-state index contributed by atoms with van der Waals surface area (Å²) < 4.78 is 16.3. The van der Waals surface area contributed by atoms with Crippen LogP contribution in [-0.2, 0) is 9.59 Å². The van der Waals surface area contributed by atoms with Gasteiger partial charge in [0, 0.05) is 13.1 Å². The van der Waals surface area contributed by atoms with Gasteiger partial charge in [-0.05, 0) is 65.6 Å². The van der Waals surface area contributed by atoms with Crippen molar-refractivity contribution in [2.75, 3.05) is 26.5 Å². The number of imide groups is 1. The standard InChI is InChI=1S/C25H26N2O6S/c1-15(2)18-6-4-16(3)20(12-18)31-13-23(28)26-8-9-27-24(29)22(34-25(27)30)11-17-5-7-19-21(10-17)33-14-32-19/h4-7,10-12,15H,8-9,13-14H2,1-3H3,(H,26,28)/b22-11-. The fourth-order valence-electron chi connectivity index (χ4n) is 3.48. The van der Waals surface area contributed by atoms with Gasteiger partial charge < -0.3 is 19.5 Å². The van der Waals surface area contributed by atoms with Crippen LogP contribution in [0.2, 0.25) is 0 Å². The van der Waals surface area contributed by atoms with Gasteiger partial charge in [-0.15, -0.1) is 0 Å². The van der Waals surface area contributed by atoms with Gasteiger partial charge in [-0.25, -0.2) is 0 Å². The highest BCUT2D eigenvalue weighted by atomic mass is 32.2. The quantitative estimate of drug-likeness (QED) is 0.567. The van der Waals surface area contributed by atoms with E-state index in [2.05, 4.69) is 19.2 Å². The summed E-state index contributed by atoms with van der Waals surface area (Å²) in [5, 5.41) is 2.33. The molecular formula is C25H26N2O6S. The Bertz CT molecular complexity index is 1160. The van der Waals surface area contributed by atoms with Gasteiger partial charge >= 0.3 is 0 Å². The van der Waals surface area contributed by atoms with Crippen LogP contribution in [0.4, 0.5) is 4.79 Å². The van der Waals surface area contributed by atoms with Crippen molar-refractivity contribution in [1.29, 1.82) is 0 Å². The second kappa shape index (κ2) is 10.2. The average molecular weight is 483 g/mol. The molecule has 0 radical (unpaired) electrons. The number of benzene rings is 2. The average Bonchev–Trinajstić information content (AvgIpc) is 3.37. The van der Waals surface area contributed by atoms with E-state index in [9.17, 15) is 14.4 Å². The number of nitrogens with one attached hydrogen (secondary N) is 1. The molecule has 0 spiro atoms. The van der Waals surface area contributed by atoms with Crippen molar-refractivity contribution in [2.24, 2.45) is 0 Å². The van der Waals surface area contributed by atoms with Gasteiger partial charge in [0.25, 0.3) is 17.1 Å². The molecule has 4 rings (SSSR count). The number of ether oxygens (including phenoxy) is 3. The summed E-state index contributed by atoms with van der Waals surface area (Å²) in [6, 6.07) is 11.3. The minimum atomic E-state index is -0.390. The number of carbonyl (C=O) groups is 3. The zero-order chi connectivity index (χ0) is 24.2. The van der Waals surface area contributed by atoms with Crippen LogP contribution in [0.1, 0.15) is 36.5 Å². The summed E-state index contributed by atoms with van der Waals surface area (Å²) in [7, 11) is 0. The molecule has 2 aromatic rings. The van der Waals surface area contributed by atoms with Crippen molar-refractivity contribution in [3.05, 3.63) is 58.0 Å². The number of rotatable bonds is 8. The molecule has 9 heteroatoms. The summed E-state index contributed by atoms with van der Waals surface area (Å²) in [6.45, 7) is 6.35. The van der Waals surface area contributed by atoms with Gasteiger partial charge in [0.1, 0.15) is 5.75 Å². The molecule has 2 aromatic carbocycles. The second-order valence-corrected chi connectivity index (χ2v) is 9.26. The van der Waals surface area contributed by atoms with Crippen LogP contribution in [0.25, 0.3) is 6.08 Å². The maximum absolute atomic E-state index is 12.7. The van der Waals surface area contributed by atoms with Gasteiger partial charge in [-0.3, -0.25) is 19.3 Å². The molecule has 0 bridgehead atoms. The van der Waals surface area contributed by atoms with Crippen molar-refractivity contribution in [3.8, 4) is 17.2 Å². The Balaban J connectivity index is 1.28. The largest absolute Gasteiger partial charge is 0.483 e. The van der Waals surface area contributed by atoms with Crippen molar-refractivity contribution in [3.63, 3.8) is 0 Å². The van der Waals surface area contributed by atoms with Crippen LogP contribution in [-0.4, -0.2) is 48.4 Å². The molecule has 178 valence electrons. The van der Waals surface area contributed by atoms with E-state index in [1.54, 1.807) is 24.3 Å². The van der Waals surface area contributed by atoms with E-state index in [0.29, 0.717) is 28.1 Å². The number of aryl methyl sites for hydroxylation is 1. The predicted molar refractivity (Wildman–Crippen MR) is 129 cm³/mol. The molecule has 0 unspecified atom stereocenters. The van der Waals surface area contributed by atoms with E-state index in [4.69, 9.17) is 14.2 Å². The van der Waals surface area contributed by atoms with Crippen molar-refractivity contribution in [1.82, 2.24) is 10.2 Å². The molecule has 8 nitrogen and oxygen atoms in total. The van der Waals surface area contributed by atoms with Gasteiger partial charge in [-0.1, -0.05) is 32.0 Å². The van der Waals surface area contributed by atoms with Crippen LogP contribution >= 0.6 is 11.8 Å². The number of nitrogens with zero attached hydrogens (tertiary/aromatic N) is 1. The number of fused-ring (bicyclic) bond motifs is 1. The Morgan fingerprint density at radius 3 is 2.76 bits per heavy atom. The lowest BCUT2D eigenvalue weighted by atomic mass is 10.0. The molecule has 34 heavy (non-hydrogen) atoms. The normalized spacial score (nSPS) is 16.0. The first-order chi connectivity index (χ1) is 16.3. The summed E-state index contributed by atoms with van der Waals surface area (Å²) in [4.78, 5) is 38.7. The number of carbonyl (C=O) groups excluding carboxylic acids is 3. The van der Waals surface area contributed by atoms with E-state index >= 15 is 0 Å². The van der Waals surface area contributed by atoms with E-state index in [1.165, 1.54) is 0 Å². The van der Waals surface area contributed by atoms with Crippen molar-refractivity contribution in [2.45, 2.75) is 26.7 Å². The van der Waals surface area contributed by atoms with Gasteiger partial charge in [0.15, 0.2) is 18.1 Å². The lowest BCUT2D eigenvalue weighted by Gasteiger charge is -2.14. The second-order valence-electron chi connectivity index (χ2n) is 8.26. The third-order valence-corrected chi connectivity index (χ3v) is 6.37. The molecule has 0 aromatic heterocycles. The predicted octanol–water partition coefficient (Wildman–Crippen LogP) is 4.08. The summed E-state index contributed by atoms with van der Waals surface area (Å²) in [5.41, 5.74) is 2.82. The molecule has 0 aliphatic carbocycles. The van der Waals surface area contributed by atoms with Crippen LogP contribution < -0.4 is 19.5 Å². The van der Waals surface area contributed by atoms with Gasteiger partial charge in [0.2, 0.25) is 6.79 Å². The molecule has 0 atom stereocenters. The summed E-state index contributed by atoms with van der Waals surface area (Å²) in [6.07, 6.45) is 1.65. The Morgan fingerprint density at radius 1 is 1.18 bits per heavy atom. The zero-order valence-electron chi connectivity index (χ0n) is 19.3. The summed E-state index contributed by atoms with van der Waals surface area (Å²) in [5.74, 6) is 1.56. The van der Waals surface area contributed by atoms with Crippen molar-refractivity contribution >= 4 is 34.9 Å². The smallest absolute Gasteiger partial charge is 0.293 e. The highest BCUT2D eigenvalue weighted by Crippen LogP contribution is 2.36. The Morgan fingerprint density at radius 2 is 1.97 bits per heavy atom. The molecular weight excluding hydrogens is 456 g/mol. The van der Waals surface area contributed by atoms with Crippen LogP contribution in [0.5, 0.6) is 17.2 Å². The molecule has 1 N–H and O–H groups in total. The van der Waals surface area contributed by atoms with E-state index in [-0.39, 0.29) is 43.5 Å². The highest BCUT2D eigenvalue weighted by molar-refractivity contribution is 8.18. The third-order valence-electron chi connectivity index (χ3n) is 5.46. The fraction of sp³-hybridized carbons (Fsp3) is 0.320. The number of amides is 3. The van der Waals surface area contributed by atoms with Crippen molar-refractivity contribution < 1.29 is 28.6 Å². The van der Waals surface area contributed by atoms with Gasteiger partial charge in [0.05, 0.1) is 4.91 Å². The molecule has 0 saturated carbocycles. The Labute approximate surface area is 202 Å². The monoisotopic (exact) mass is 482 g/mol. The fourth-order valence-corrected chi connectivity index (χ4v) is 4.34. The first kappa shape index (κ1) is 23.7. The first-order valence-electron chi connectivity index (χ1n) is 11.0. The minimum Gasteiger partial charge on any atom is -0.483 e. The number of hydrogen-bond acceptors (Lipinski definition) is 7. The molecule has 2 aliphatic rings. The Hall–Kier alpha value is -3.46. The lowest BCUT2D eigenvalue weighted by Crippen LogP contribution is -2.38. The number of thioether (sulfide) groups is 1. The van der Waals surface area contributed by atoms with E-state index in [0.717, 1.165) is 33.4 Å². The van der Waals surface area contributed by atoms with Crippen LogP contribution in [0.3, 0.4) is 0 Å². The van der Waals surface area contributed by atoms with Crippen LogP contribution in [0, 0.1) is 6.92 Å². The molecule has 1 saturated heterocycles. The number of hydrogen-bond donors (Lipinski definition) is 1. The topological polar surface area (TPSA) is 94.2 Å². The first-order valence-corrected chi connectivity index (χ1v) is 11.8. The Kier molecular flexibility index (Phi) is 7.12. The third kappa shape index (κ3) is 5.36. The van der Waals surface area contributed by atoms with Gasteiger partial charge in [-0.2, -0.15) is 0 Å². The molecule has 2 heterocycles. The molecule has 2 aliphatic heterocycles. The SMILES string of the molecule is Cc1ccc(C(C)C)cc1OCC(=O)NCCN1C(=O)S/C(=C\c2ccc3c(c2)OCO3)C1=O.